The molecule has 0 atom stereocenters. The van der Waals surface area contributed by atoms with Gasteiger partial charge in [-0.05, 0) is 19.0 Å². The average molecular weight is 208 g/mol. The van der Waals surface area contributed by atoms with Gasteiger partial charge in [0.05, 0.1) is 6.61 Å². The molecule has 3 nitrogen and oxygen atoms in total. The summed E-state index contributed by atoms with van der Waals surface area (Å²) in [5.41, 5.74) is 1.13. The summed E-state index contributed by atoms with van der Waals surface area (Å²) < 4.78 is 5.62. The maximum Gasteiger partial charge on any atom is 0.217 e. The minimum absolute atomic E-state index is 0.757. The van der Waals surface area contributed by atoms with Crippen molar-refractivity contribution in [3.05, 3.63) is 23.9 Å². The minimum atomic E-state index is 0.757. The van der Waals surface area contributed by atoms with Gasteiger partial charge in [-0.2, -0.15) is 0 Å². The summed E-state index contributed by atoms with van der Waals surface area (Å²) in [6.07, 6.45) is 4.00. The van der Waals surface area contributed by atoms with Crippen molar-refractivity contribution in [1.82, 2.24) is 10.3 Å². The van der Waals surface area contributed by atoms with Crippen LogP contribution in [0.15, 0.2) is 18.3 Å². The number of unbranched alkanes of at least 4 members (excludes halogenated alkanes) is 1. The predicted octanol–water partition coefficient (Wildman–Crippen LogP) is 2.37. The van der Waals surface area contributed by atoms with E-state index in [2.05, 4.69) is 30.2 Å². The molecule has 84 valence electrons. The summed E-state index contributed by atoms with van der Waals surface area (Å²) >= 11 is 0. The molecule has 1 aromatic heterocycles. The zero-order valence-electron chi connectivity index (χ0n) is 9.62. The van der Waals surface area contributed by atoms with Crippen molar-refractivity contribution in [2.45, 2.75) is 33.2 Å². The van der Waals surface area contributed by atoms with E-state index in [9.17, 15) is 0 Å². The van der Waals surface area contributed by atoms with Crippen LogP contribution in [0.5, 0.6) is 5.88 Å². The first kappa shape index (κ1) is 12.0. The van der Waals surface area contributed by atoms with Gasteiger partial charge in [-0.15, -0.1) is 0 Å². The third-order valence-electron chi connectivity index (χ3n) is 2.15. The highest BCUT2D eigenvalue weighted by molar-refractivity contribution is 5.25. The van der Waals surface area contributed by atoms with Crippen LogP contribution in [-0.4, -0.2) is 18.1 Å². The molecule has 15 heavy (non-hydrogen) atoms. The lowest BCUT2D eigenvalue weighted by Crippen LogP contribution is -2.13. The van der Waals surface area contributed by atoms with E-state index < -0.39 is 0 Å². The lowest BCUT2D eigenvalue weighted by molar-refractivity contribution is 0.294. The molecule has 1 heterocycles. The van der Waals surface area contributed by atoms with Crippen molar-refractivity contribution < 1.29 is 4.74 Å². The molecule has 0 bridgehead atoms. The summed E-state index contributed by atoms with van der Waals surface area (Å²) in [6.45, 7) is 6.79. The Morgan fingerprint density at radius 1 is 1.40 bits per heavy atom. The third-order valence-corrected chi connectivity index (χ3v) is 2.15. The normalized spacial score (nSPS) is 10.3. The number of nitrogens with one attached hydrogen (secondary N) is 1. The van der Waals surface area contributed by atoms with E-state index in [1.54, 1.807) is 6.20 Å². The molecule has 0 fully saturated rings. The zero-order chi connectivity index (χ0) is 10.9. The van der Waals surface area contributed by atoms with Crippen molar-refractivity contribution in [2.24, 2.45) is 0 Å². The molecular weight excluding hydrogens is 188 g/mol. The summed E-state index contributed by atoms with van der Waals surface area (Å²) in [5.74, 6) is 0.770. The number of aromatic nitrogens is 1. The Balaban J connectivity index is 2.52. The first-order valence-corrected chi connectivity index (χ1v) is 5.65. The zero-order valence-corrected chi connectivity index (χ0v) is 9.62. The smallest absolute Gasteiger partial charge is 0.217 e. The Morgan fingerprint density at radius 2 is 2.27 bits per heavy atom. The van der Waals surface area contributed by atoms with Crippen molar-refractivity contribution >= 4 is 0 Å². The lowest BCUT2D eigenvalue weighted by atomic mass is 10.2. The number of pyridine rings is 1. The lowest BCUT2D eigenvalue weighted by Gasteiger charge is -2.09. The number of rotatable bonds is 7. The van der Waals surface area contributed by atoms with Crippen LogP contribution in [0.1, 0.15) is 32.3 Å². The Kier molecular flexibility index (Phi) is 5.78. The van der Waals surface area contributed by atoms with Gasteiger partial charge in [0.25, 0.3) is 0 Å². The van der Waals surface area contributed by atoms with E-state index in [0.29, 0.717) is 0 Å². The molecule has 0 saturated carbocycles. The molecule has 0 aliphatic carbocycles. The van der Waals surface area contributed by atoms with Gasteiger partial charge < -0.3 is 10.1 Å². The Morgan fingerprint density at radius 3 is 3.00 bits per heavy atom. The van der Waals surface area contributed by atoms with Gasteiger partial charge in [-0.3, -0.25) is 0 Å². The molecule has 0 unspecified atom stereocenters. The largest absolute Gasteiger partial charge is 0.477 e. The van der Waals surface area contributed by atoms with E-state index in [1.807, 2.05) is 6.07 Å². The number of hydrogen-bond acceptors (Lipinski definition) is 3. The van der Waals surface area contributed by atoms with Gasteiger partial charge in [0.15, 0.2) is 0 Å². The van der Waals surface area contributed by atoms with Gasteiger partial charge in [0.2, 0.25) is 5.88 Å². The van der Waals surface area contributed by atoms with Crippen LogP contribution in [0, 0.1) is 0 Å². The molecule has 1 aromatic rings. The van der Waals surface area contributed by atoms with E-state index in [1.165, 1.54) is 0 Å². The van der Waals surface area contributed by atoms with E-state index in [0.717, 1.165) is 44.0 Å². The third kappa shape index (κ3) is 4.30. The summed E-state index contributed by atoms with van der Waals surface area (Å²) in [5, 5.41) is 3.28. The van der Waals surface area contributed by atoms with Gasteiger partial charge in [0.1, 0.15) is 0 Å². The topological polar surface area (TPSA) is 34.1 Å². The molecule has 1 rings (SSSR count). The van der Waals surface area contributed by atoms with E-state index in [4.69, 9.17) is 4.74 Å². The maximum absolute atomic E-state index is 5.62. The molecule has 1 N–H and O–H groups in total. The van der Waals surface area contributed by atoms with E-state index >= 15 is 0 Å². The number of ether oxygens (including phenoxy) is 1. The van der Waals surface area contributed by atoms with Crippen LogP contribution in [0.25, 0.3) is 0 Å². The number of nitrogens with zero attached hydrogens (tertiary/aromatic N) is 1. The quantitative estimate of drug-likeness (QED) is 0.698. The van der Waals surface area contributed by atoms with Crippen LogP contribution < -0.4 is 10.1 Å². The van der Waals surface area contributed by atoms with Gasteiger partial charge in [-0.25, -0.2) is 4.98 Å². The predicted molar refractivity (Wildman–Crippen MR) is 62.0 cm³/mol. The van der Waals surface area contributed by atoms with Crippen molar-refractivity contribution in [3.63, 3.8) is 0 Å². The Bertz CT molecular complexity index is 276. The summed E-state index contributed by atoms with van der Waals surface area (Å²) in [7, 11) is 0. The van der Waals surface area contributed by atoms with Crippen LogP contribution in [-0.2, 0) is 6.54 Å². The van der Waals surface area contributed by atoms with Crippen LogP contribution >= 0.6 is 0 Å². The molecule has 3 heteroatoms. The molecule has 0 saturated heterocycles. The average Bonchev–Trinajstić information content (AvgIpc) is 2.28. The maximum atomic E-state index is 5.62. The Hall–Kier alpha value is -1.09. The van der Waals surface area contributed by atoms with Crippen molar-refractivity contribution in [2.75, 3.05) is 13.2 Å². The van der Waals surface area contributed by atoms with Gasteiger partial charge in [0, 0.05) is 18.3 Å². The molecule has 0 spiro atoms. The minimum Gasteiger partial charge on any atom is -0.477 e. The summed E-state index contributed by atoms with van der Waals surface area (Å²) in [4.78, 5) is 4.24. The fourth-order valence-corrected chi connectivity index (χ4v) is 1.26. The van der Waals surface area contributed by atoms with Crippen molar-refractivity contribution in [3.8, 4) is 5.88 Å². The highest BCUT2D eigenvalue weighted by atomic mass is 16.5. The molecule has 0 aromatic carbocycles. The summed E-state index contributed by atoms with van der Waals surface area (Å²) in [6, 6.07) is 4.00. The van der Waals surface area contributed by atoms with E-state index in [-0.39, 0.29) is 0 Å². The molecule has 0 radical (unpaired) electrons. The second-order valence-corrected chi connectivity index (χ2v) is 3.45. The Labute approximate surface area is 91.9 Å². The highest BCUT2D eigenvalue weighted by Crippen LogP contribution is 2.14. The highest BCUT2D eigenvalue weighted by Gasteiger charge is 2.02. The molecule has 0 aliphatic rings. The standard InChI is InChI=1S/C12H20N2O/c1-3-5-9-15-12-11(10-13-4-2)7-6-8-14-12/h6-8,13H,3-5,9-10H2,1-2H3. The number of hydrogen-bond donors (Lipinski definition) is 1. The van der Waals surface area contributed by atoms with Crippen molar-refractivity contribution in [1.29, 1.82) is 0 Å². The molecule has 0 amide bonds. The van der Waals surface area contributed by atoms with Crippen LogP contribution in [0.2, 0.25) is 0 Å². The first-order chi connectivity index (χ1) is 7.38. The monoisotopic (exact) mass is 208 g/mol. The van der Waals surface area contributed by atoms with Gasteiger partial charge in [-0.1, -0.05) is 26.3 Å². The first-order valence-electron chi connectivity index (χ1n) is 5.65. The second-order valence-electron chi connectivity index (χ2n) is 3.45. The second kappa shape index (κ2) is 7.23. The SMILES string of the molecule is CCCCOc1ncccc1CNCC. The van der Waals surface area contributed by atoms with Crippen LogP contribution in [0.3, 0.4) is 0 Å². The fourth-order valence-electron chi connectivity index (χ4n) is 1.26. The van der Waals surface area contributed by atoms with Crippen LogP contribution in [0.4, 0.5) is 0 Å². The molecule has 0 aliphatic heterocycles. The van der Waals surface area contributed by atoms with Gasteiger partial charge >= 0.3 is 0 Å². The fraction of sp³-hybridized carbons (Fsp3) is 0.583. The molecular formula is C12H20N2O.